The Morgan fingerprint density at radius 1 is 1.35 bits per heavy atom. The SMILES string of the molecule is CC1Cc2ccccc2N1C(=O)NCC1CCOCC1. The number of urea groups is 1. The molecule has 0 aliphatic carbocycles. The summed E-state index contributed by atoms with van der Waals surface area (Å²) in [4.78, 5) is 14.3. The molecule has 1 aromatic carbocycles. The summed E-state index contributed by atoms with van der Waals surface area (Å²) < 4.78 is 5.35. The van der Waals surface area contributed by atoms with Gasteiger partial charge in [-0.15, -0.1) is 0 Å². The van der Waals surface area contributed by atoms with Gasteiger partial charge in [0.2, 0.25) is 0 Å². The van der Waals surface area contributed by atoms with E-state index in [4.69, 9.17) is 4.74 Å². The van der Waals surface area contributed by atoms with Crippen LogP contribution in [0.15, 0.2) is 24.3 Å². The molecular formula is C16H22N2O2. The summed E-state index contributed by atoms with van der Waals surface area (Å²) >= 11 is 0. The molecule has 1 saturated heterocycles. The summed E-state index contributed by atoms with van der Waals surface area (Å²) in [5.41, 5.74) is 2.32. The fraction of sp³-hybridized carbons (Fsp3) is 0.562. The quantitative estimate of drug-likeness (QED) is 0.900. The van der Waals surface area contributed by atoms with Crippen LogP contribution in [0, 0.1) is 5.92 Å². The van der Waals surface area contributed by atoms with Crippen molar-refractivity contribution in [3.63, 3.8) is 0 Å². The monoisotopic (exact) mass is 274 g/mol. The molecule has 1 fully saturated rings. The van der Waals surface area contributed by atoms with Crippen molar-refractivity contribution < 1.29 is 9.53 Å². The molecule has 3 rings (SSSR count). The molecular weight excluding hydrogens is 252 g/mol. The number of carbonyl (C=O) groups is 1. The number of ether oxygens (including phenoxy) is 1. The standard InChI is InChI=1S/C16H22N2O2/c1-12-10-14-4-2-3-5-15(14)18(12)16(19)17-11-13-6-8-20-9-7-13/h2-5,12-13H,6-11H2,1H3,(H,17,19). The number of hydrogen-bond donors (Lipinski definition) is 1. The highest BCUT2D eigenvalue weighted by atomic mass is 16.5. The predicted molar refractivity (Wildman–Crippen MR) is 79.0 cm³/mol. The summed E-state index contributed by atoms with van der Waals surface area (Å²) in [5.74, 6) is 0.556. The first-order chi connectivity index (χ1) is 9.75. The van der Waals surface area contributed by atoms with Crippen LogP contribution in [0.1, 0.15) is 25.3 Å². The topological polar surface area (TPSA) is 41.6 Å². The molecule has 4 heteroatoms. The van der Waals surface area contributed by atoms with Crippen LogP contribution >= 0.6 is 0 Å². The van der Waals surface area contributed by atoms with Gasteiger partial charge in [0.15, 0.2) is 0 Å². The molecule has 0 spiro atoms. The molecule has 1 aromatic rings. The number of nitrogens with zero attached hydrogens (tertiary/aromatic N) is 1. The number of rotatable bonds is 2. The van der Waals surface area contributed by atoms with Gasteiger partial charge in [-0.3, -0.25) is 4.90 Å². The highest BCUT2D eigenvalue weighted by Gasteiger charge is 2.30. The molecule has 20 heavy (non-hydrogen) atoms. The third kappa shape index (κ3) is 2.66. The van der Waals surface area contributed by atoms with E-state index < -0.39 is 0 Å². The number of fused-ring (bicyclic) bond motifs is 1. The average Bonchev–Trinajstić information content (AvgIpc) is 2.82. The lowest BCUT2D eigenvalue weighted by molar-refractivity contribution is 0.0670. The highest BCUT2D eigenvalue weighted by Crippen LogP contribution is 2.31. The van der Waals surface area contributed by atoms with Gasteiger partial charge in [0, 0.05) is 31.5 Å². The second-order valence-corrected chi connectivity index (χ2v) is 5.79. The Bertz CT molecular complexity index is 483. The van der Waals surface area contributed by atoms with Gasteiger partial charge in [0.25, 0.3) is 0 Å². The van der Waals surface area contributed by atoms with Crippen molar-refractivity contribution in [3.05, 3.63) is 29.8 Å². The van der Waals surface area contributed by atoms with Crippen LogP contribution in [0.2, 0.25) is 0 Å². The molecule has 2 heterocycles. The number of hydrogen-bond acceptors (Lipinski definition) is 2. The third-order valence-electron chi connectivity index (χ3n) is 4.31. The maximum absolute atomic E-state index is 12.4. The van der Waals surface area contributed by atoms with E-state index in [1.165, 1.54) is 5.56 Å². The first-order valence-corrected chi connectivity index (χ1v) is 7.48. The summed E-state index contributed by atoms with van der Waals surface area (Å²) in [6, 6.07) is 8.45. The Balaban J connectivity index is 1.62. The van der Waals surface area contributed by atoms with Gasteiger partial charge >= 0.3 is 6.03 Å². The Labute approximate surface area is 120 Å². The van der Waals surface area contributed by atoms with Gasteiger partial charge in [-0.2, -0.15) is 0 Å². The molecule has 1 unspecified atom stereocenters. The third-order valence-corrected chi connectivity index (χ3v) is 4.31. The lowest BCUT2D eigenvalue weighted by Crippen LogP contribution is -2.45. The van der Waals surface area contributed by atoms with Crippen molar-refractivity contribution in [1.82, 2.24) is 5.32 Å². The van der Waals surface area contributed by atoms with Gasteiger partial charge in [0.1, 0.15) is 0 Å². The predicted octanol–water partition coefficient (Wildman–Crippen LogP) is 2.57. The van der Waals surface area contributed by atoms with Gasteiger partial charge < -0.3 is 10.1 Å². The zero-order valence-corrected chi connectivity index (χ0v) is 12.0. The zero-order valence-electron chi connectivity index (χ0n) is 12.0. The van der Waals surface area contributed by atoms with E-state index >= 15 is 0 Å². The van der Waals surface area contributed by atoms with Crippen LogP contribution < -0.4 is 10.2 Å². The van der Waals surface area contributed by atoms with E-state index in [0.29, 0.717) is 5.92 Å². The fourth-order valence-electron chi connectivity index (χ4n) is 3.14. The van der Waals surface area contributed by atoms with Crippen molar-refractivity contribution >= 4 is 11.7 Å². The molecule has 1 atom stereocenters. The van der Waals surface area contributed by atoms with E-state index in [0.717, 1.165) is 44.7 Å². The molecule has 0 aromatic heterocycles. The Morgan fingerprint density at radius 3 is 2.90 bits per heavy atom. The van der Waals surface area contributed by atoms with E-state index in [-0.39, 0.29) is 12.1 Å². The molecule has 0 saturated carbocycles. The number of nitrogens with one attached hydrogen (secondary N) is 1. The molecule has 2 amide bonds. The fourth-order valence-corrected chi connectivity index (χ4v) is 3.14. The minimum atomic E-state index is 0.0361. The van der Waals surface area contributed by atoms with E-state index in [2.05, 4.69) is 18.3 Å². The maximum Gasteiger partial charge on any atom is 0.322 e. The first-order valence-electron chi connectivity index (χ1n) is 7.48. The second kappa shape index (κ2) is 5.83. The lowest BCUT2D eigenvalue weighted by Gasteiger charge is -2.26. The number of para-hydroxylation sites is 1. The summed E-state index contributed by atoms with van der Waals surface area (Å²) in [6.45, 7) is 4.51. The van der Waals surface area contributed by atoms with E-state index in [1.54, 1.807) is 0 Å². The molecule has 2 aliphatic heterocycles. The Hall–Kier alpha value is -1.55. The van der Waals surface area contributed by atoms with Gasteiger partial charge in [0.05, 0.1) is 0 Å². The van der Waals surface area contributed by atoms with Crippen molar-refractivity contribution in [1.29, 1.82) is 0 Å². The Kier molecular flexibility index (Phi) is 3.92. The number of carbonyl (C=O) groups excluding carboxylic acids is 1. The van der Waals surface area contributed by atoms with Crippen molar-refractivity contribution in [2.75, 3.05) is 24.7 Å². The maximum atomic E-state index is 12.4. The highest BCUT2D eigenvalue weighted by molar-refractivity contribution is 5.94. The van der Waals surface area contributed by atoms with Crippen LogP contribution in [-0.4, -0.2) is 31.8 Å². The van der Waals surface area contributed by atoms with E-state index in [1.807, 2.05) is 23.1 Å². The Morgan fingerprint density at radius 2 is 2.10 bits per heavy atom. The first kappa shape index (κ1) is 13.4. The summed E-state index contributed by atoms with van der Waals surface area (Å²) in [6.07, 6.45) is 3.04. The zero-order chi connectivity index (χ0) is 13.9. The minimum absolute atomic E-state index is 0.0361. The van der Waals surface area contributed by atoms with Crippen LogP contribution in [-0.2, 0) is 11.2 Å². The van der Waals surface area contributed by atoms with E-state index in [9.17, 15) is 4.79 Å². The lowest BCUT2D eigenvalue weighted by atomic mass is 10.0. The van der Waals surface area contributed by atoms with Gasteiger partial charge in [-0.25, -0.2) is 4.79 Å². The van der Waals surface area contributed by atoms with Crippen molar-refractivity contribution in [2.24, 2.45) is 5.92 Å². The van der Waals surface area contributed by atoms with Crippen LogP contribution in [0.3, 0.4) is 0 Å². The molecule has 2 aliphatic rings. The molecule has 4 nitrogen and oxygen atoms in total. The summed E-state index contributed by atoms with van der Waals surface area (Å²) in [7, 11) is 0. The minimum Gasteiger partial charge on any atom is -0.381 e. The van der Waals surface area contributed by atoms with Crippen LogP contribution in [0.4, 0.5) is 10.5 Å². The van der Waals surface area contributed by atoms with Crippen molar-refractivity contribution in [2.45, 2.75) is 32.2 Å². The normalized spacial score (nSPS) is 22.6. The largest absolute Gasteiger partial charge is 0.381 e. The number of benzene rings is 1. The number of amides is 2. The number of anilines is 1. The average molecular weight is 274 g/mol. The second-order valence-electron chi connectivity index (χ2n) is 5.79. The van der Waals surface area contributed by atoms with Gasteiger partial charge in [-0.1, -0.05) is 18.2 Å². The molecule has 0 radical (unpaired) electrons. The summed E-state index contributed by atoms with van der Waals surface area (Å²) in [5, 5.41) is 3.10. The van der Waals surface area contributed by atoms with Gasteiger partial charge in [-0.05, 0) is 43.7 Å². The molecule has 0 bridgehead atoms. The van der Waals surface area contributed by atoms with Crippen LogP contribution in [0.5, 0.6) is 0 Å². The molecule has 1 N–H and O–H groups in total. The van der Waals surface area contributed by atoms with Crippen molar-refractivity contribution in [3.8, 4) is 0 Å². The molecule has 108 valence electrons. The van der Waals surface area contributed by atoms with Crippen LogP contribution in [0.25, 0.3) is 0 Å². The smallest absolute Gasteiger partial charge is 0.322 e.